The average Bonchev–Trinajstić information content (AvgIpc) is 3.34. The van der Waals surface area contributed by atoms with Crippen molar-refractivity contribution >= 4 is 28.3 Å². The molecule has 2 amide bonds. The number of nitrogens with one attached hydrogen (secondary N) is 2. The van der Waals surface area contributed by atoms with Crippen molar-refractivity contribution in [1.29, 1.82) is 0 Å². The lowest BCUT2D eigenvalue weighted by molar-refractivity contribution is -0.115. The van der Waals surface area contributed by atoms with Gasteiger partial charge in [-0.1, -0.05) is 35.5 Å². The van der Waals surface area contributed by atoms with Gasteiger partial charge in [0.25, 0.3) is 5.89 Å². The first-order chi connectivity index (χ1) is 14.6. The number of carbonyl (C=O) groups excluding carboxylic acids is 2. The maximum Gasteiger partial charge on any atom is 0.407 e. The summed E-state index contributed by atoms with van der Waals surface area (Å²) < 4.78 is 16.0. The standard InChI is InChI=1S/C20H20N4O5S/c1-12-22-18(29-24-12)17-14-7-8-27-11-15(14)30-19(17)23-16(25)9-21-20(26)28-10-13-5-3-2-4-6-13/h2-6H,7-11H2,1H3,(H,21,26)(H,23,25). The van der Waals surface area contributed by atoms with Crippen LogP contribution in [0.2, 0.25) is 0 Å². The fourth-order valence-electron chi connectivity index (χ4n) is 3.04. The molecule has 2 aromatic heterocycles. The second kappa shape index (κ2) is 9.06. The first kappa shape index (κ1) is 20.0. The van der Waals surface area contributed by atoms with Crippen LogP contribution in [0.15, 0.2) is 34.9 Å². The Morgan fingerprint density at radius 1 is 1.27 bits per heavy atom. The molecule has 1 aliphatic heterocycles. The molecule has 0 unspecified atom stereocenters. The number of aromatic nitrogens is 2. The van der Waals surface area contributed by atoms with E-state index >= 15 is 0 Å². The zero-order valence-electron chi connectivity index (χ0n) is 16.3. The number of aryl methyl sites for hydroxylation is 1. The third kappa shape index (κ3) is 4.66. The lowest BCUT2D eigenvalue weighted by Gasteiger charge is -2.12. The van der Waals surface area contributed by atoms with E-state index in [1.807, 2.05) is 30.3 Å². The first-order valence-corrected chi connectivity index (χ1v) is 10.2. The second-order valence-corrected chi connectivity index (χ2v) is 7.73. The van der Waals surface area contributed by atoms with Crippen molar-refractivity contribution in [3.8, 4) is 11.5 Å². The number of fused-ring (bicyclic) bond motifs is 1. The zero-order valence-corrected chi connectivity index (χ0v) is 17.1. The molecule has 1 aromatic carbocycles. The Balaban J connectivity index is 1.38. The molecule has 156 valence electrons. The van der Waals surface area contributed by atoms with Crippen LogP contribution in [0.1, 0.15) is 21.8 Å². The number of ether oxygens (including phenoxy) is 2. The van der Waals surface area contributed by atoms with Gasteiger partial charge in [-0.25, -0.2) is 4.79 Å². The van der Waals surface area contributed by atoms with Crippen molar-refractivity contribution < 1.29 is 23.6 Å². The molecule has 0 atom stereocenters. The predicted octanol–water partition coefficient (Wildman–Crippen LogP) is 3.04. The number of nitrogens with zero attached hydrogens (tertiary/aromatic N) is 2. The van der Waals surface area contributed by atoms with Gasteiger partial charge in [0.05, 0.1) is 18.8 Å². The van der Waals surface area contributed by atoms with Gasteiger partial charge < -0.3 is 24.6 Å². The van der Waals surface area contributed by atoms with E-state index in [4.69, 9.17) is 14.0 Å². The fourth-order valence-corrected chi connectivity index (χ4v) is 4.24. The summed E-state index contributed by atoms with van der Waals surface area (Å²) in [6.45, 7) is 2.70. The Labute approximate surface area is 176 Å². The Bertz CT molecular complexity index is 1050. The minimum atomic E-state index is -0.666. The van der Waals surface area contributed by atoms with Crippen LogP contribution < -0.4 is 10.6 Å². The van der Waals surface area contributed by atoms with Crippen LogP contribution in [0.3, 0.4) is 0 Å². The highest BCUT2D eigenvalue weighted by atomic mass is 32.1. The largest absolute Gasteiger partial charge is 0.445 e. The van der Waals surface area contributed by atoms with Crippen LogP contribution in [0.4, 0.5) is 9.80 Å². The summed E-state index contributed by atoms with van der Waals surface area (Å²) in [5.74, 6) is 0.484. The van der Waals surface area contributed by atoms with Gasteiger partial charge in [-0.3, -0.25) is 4.79 Å². The van der Waals surface area contributed by atoms with Gasteiger partial charge in [0.1, 0.15) is 18.2 Å². The van der Waals surface area contributed by atoms with E-state index < -0.39 is 6.09 Å². The molecule has 4 rings (SSSR count). The van der Waals surface area contributed by atoms with Crippen molar-refractivity contribution in [2.75, 3.05) is 18.5 Å². The molecule has 0 bridgehead atoms. The SMILES string of the molecule is Cc1noc(-c2c(NC(=O)CNC(=O)OCc3ccccc3)sc3c2CCOC3)n1. The van der Waals surface area contributed by atoms with Crippen molar-refractivity contribution in [2.45, 2.75) is 26.6 Å². The molecule has 0 saturated carbocycles. The van der Waals surface area contributed by atoms with Crippen LogP contribution in [-0.4, -0.2) is 35.3 Å². The van der Waals surface area contributed by atoms with Crippen LogP contribution in [0.5, 0.6) is 0 Å². The van der Waals surface area contributed by atoms with E-state index in [1.54, 1.807) is 6.92 Å². The topological polar surface area (TPSA) is 116 Å². The molecule has 0 radical (unpaired) electrons. The average molecular weight is 428 g/mol. The lowest BCUT2D eigenvalue weighted by Crippen LogP contribution is -2.33. The normalized spacial score (nSPS) is 12.8. The molecule has 2 N–H and O–H groups in total. The minimum absolute atomic E-state index is 0.132. The molecule has 0 aliphatic carbocycles. The Hall–Kier alpha value is -3.24. The smallest absolute Gasteiger partial charge is 0.407 e. The number of anilines is 1. The van der Waals surface area contributed by atoms with Crippen LogP contribution in [0, 0.1) is 6.92 Å². The van der Waals surface area contributed by atoms with E-state index in [-0.39, 0.29) is 19.1 Å². The van der Waals surface area contributed by atoms with Gasteiger partial charge in [-0.15, -0.1) is 11.3 Å². The first-order valence-electron chi connectivity index (χ1n) is 9.37. The Morgan fingerprint density at radius 3 is 2.87 bits per heavy atom. The van der Waals surface area contributed by atoms with Crippen LogP contribution in [-0.2, 0) is 33.9 Å². The molecule has 3 heterocycles. The number of alkyl carbamates (subject to hydrolysis) is 1. The molecule has 0 saturated heterocycles. The van der Waals surface area contributed by atoms with E-state index in [9.17, 15) is 9.59 Å². The highest BCUT2D eigenvalue weighted by Crippen LogP contribution is 2.42. The molecular formula is C20H20N4O5S. The monoisotopic (exact) mass is 428 g/mol. The summed E-state index contributed by atoms with van der Waals surface area (Å²) >= 11 is 1.41. The number of benzene rings is 1. The zero-order chi connectivity index (χ0) is 20.9. The van der Waals surface area contributed by atoms with Gasteiger partial charge >= 0.3 is 6.09 Å². The van der Waals surface area contributed by atoms with Gasteiger partial charge in [0.2, 0.25) is 5.91 Å². The molecule has 0 spiro atoms. The van der Waals surface area contributed by atoms with E-state index in [0.29, 0.717) is 36.4 Å². The summed E-state index contributed by atoms with van der Waals surface area (Å²) in [4.78, 5) is 29.6. The van der Waals surface area contributed by atoms with Crippen molar-refractivity contribution in [3.05, 3.63) is 52.2 Å². The molecular weight excluding hydrogens is 408 g/mol. The lowest BCUT2D eigenvalue weighted by atomic mass is 10.1. The maximum absolute atomic E-state index is 12.4. The van der Waals surface area contributed by atoms with Crippen molar-refractivity contribution in [1.82, 2.24) is 15.5 Å². The third-order valence-electron chi connectivity index (χ3n) is 4.42. The molecule has 30 heavy (non-hydrogen) atoms. The third-order valence-corrected chi connectivity index (χ3v) is 5.54. The molecule has 9 nitrogen and oxygen atoms in total. The second-order valence-electron chi connectivity index (χ2n) is 6.62. The summed E-state index contributed by atoms with van der Waals surface area (Å²) in [5.41, 5.74) is 2.63. The number of hydrogen-bond donors (Lipinski definition) is 2. The van der Waals surface area contributed by atoms with Gasteiger partial charge in [0.15, 0.2) is 5.82 Å². The summed E-state index contributed by atoms with van der Waals surface area (Å²) in [6, 6.07) is 9.30. The molecule has 1 aliphatic rings. The van der Waals surface area contributed by atoms with E-state index in [0.717, 1.165) is 21.6 Å². The molecule has 3 aromatic rings. The van der Waals surface area contributed by atoms with Crippen molar-refractivity contribution in [3.63, 3.8) is 0 Å². The summed E-state index contributed by atoms with van der Waals surface area (Å²) in [5, 5.41) is 9.73. The number of carbonyl (C=O) groups is 2. The fraction of sp³-hybridized carbons (Fsp3) is 0.300. The molecule has 0 fully saturated rings. The number of hydrogen-bond acceptors (Lipinski definition) is 8. The summed E-state index contributed by atoms with van der Waals surface area (Å²) in [6.07, 6.45) is 0.0309. The van der Waals surface area contributed by atoms with E-state index in [2.05, 4.69) is 20.8 Å². The Morgan fingerprint density at radius 2 is 2.10 bits per heavy atom. The number of thiophene rings is 1. The van der Waals surface area contributed by atoms with Gasteiger partial charge in [0, 0.05) is 4.88 Å². The van der Waals surface area contributed by atoms with Gasteiger partial charge in [-0.2, -0.15) is 4.98 Å². The maximum atomic E-state index is 12.4. The highest BCUT2D eigenvalue weighted by Gasteiger charge is 2.26. The Kier molecular flexibility index (Phi) is 6.05. The number of rotatable bonds is 6. The van der Waals surface area contributed by atoms with Crippen LogP contribution >= 0.6 is 11.3 Å². The minimum Gasteiger partial charge on any atom is -0.445 e. The highest BCUT2D eigenvalue weighted by molar-refractivity contribution is 7.17. The number of amides is 2. The van der Waals surface area contributed by atoms with E-state index in [1.165, 1.54) is 11.3 Å². The van der Waals surface area contributed by atoms with Crippen LogP contribution in [0.25, 0.3) is 11.5 Å². The van der Waals surface area contributed by atoms with Crippen molar-refractivity contribution in [2.24, 2.45) is 0 Å². The summed E-state index contributed by atoms with van der Waals surface area (Å²) in [7, 11) is 0. The quantitative estimate of drug-likeness (QED) is 0.620. The van der Waals surface area contributed by atoms with Gasteiger partial charge in [-0.05, 0) is 24.5 Å². The predicted molar refractivity (Wildman–Crippen MR) is 109 cm³/mol. The molecule has 10 heteroatoms.